The number of rotatable bonds is 5. The van der Waals surface area contributed by atoms with Gasteiger partial charge in [-0.25, -0.2) is 4.67 Å². The smallest absolute Gasteiger partial charge is 0.348 e. The van der Waals surface area contributed by atoms with E-state index in [0.29, 0.717) is 19.6 Å². The molecule has 2 aliphatic rings. The maximum absolute atomic E-state index is 12.3. The number of nitrogens with zero attached hydrogens (tertiary/aromatic N) is 1. The molecule has 2 heterocycles. The minimum atomic E-state index is -3.15. The van der Waals surface area contributed by atoms with Crippen LogP contribution in [0, 0.1) is 0 Å². The highest BCUT2D eigenvalue weighted by Gasteiger charge is 2.34. The zero-order valence-corrected chi connectivity index (χ0v) is 13.3. The minimum Gasteiger partial charge on any atom is -0.348 e. The fourth-order valence-electron chi connectivity index (χ4n) is 2.40. The van der Waals surface area contributed by atoms with Gasteiger partial charge in [0.25, 0.3) is 0 Å². The van der Waals surface area contributed by atoms with E-state index in [-0.39, 0.29) is 6.10 Å². The molecule has 0 aromatic heterocycles. The summed E-state index contributed by atoms with van der Waals surface area (Å²) < 4.78 is 30.6. The molecule has 7 heteroatoms. The molecule has 19 heavy (non-hydrogen) atoms. The summed E-state index contributed by atoms with van der Waals surface area (Å²) in [5.74, 6) is -0.526. The molecular formula is C12H23ClNO4P. The Morgan fingerprint density at radius 3 is 2.63 bits per heavy atom. The Hall–Kier alpha value is 0.360. The maximum atomic E-state index is 12.3. The molecule has 2 saturated heterocycles. The lowest BCUT2D eigenvalue weighted by molar-refractivity contribution is -0.139. The molecule has 0 aromatic carbocycles. The van der Waals surface area contributed by atoms with Crippen LogP contribution >= 0.6 is 18.1 Å². The largest absolute Gasteiger partial charge is 0.363 e. The zero-order valence-electron chi connectivity index (χ0n) is 11.6. The third kappa shape index (κ3) is 4.69. The number of piperidine rings is 1. The quantitative estimate of drug-likeness (QED) is 0.728. The summed E-state index contributed by atoms with van der Waals surface area (Å²) in [6.45, 7) is 3.02. The summed E-state index contributed by atoms with van der Waals surface area (Å²) in [6.07, 6.45) is 3.89. The van der Waals surface area contributed by atoms with E-state index in [1.165, 1.54) is 6.42 Å². The van der Waals surface area contributed by atoms with E-state index >= 15 is 0 Å². The van der Waals surface area contributed by atoms with Crippen molar-refractivity contribution >= 4 is 18.1 Å². The van der Waals surface area contributed by atoms with Crippen molar-refractivity contribution in [2.45, 2.75) is 51.4 Å². The van der Waals surface area contributed by atoms with Crippen LogP contribution < -0.4 is 0 Å². The Labute approximate surface area is 119 Å². The van der Waals surface area contributed by atoms with E-state index in [4.69, 9.17) is 25.2 Å². The fourth-order valence-corrected chi connectivity index (χ4v) is 4.31. The van der Waals surface area contributed by atoms with Crippen molar-refractivity contribution in [1.82, 2.24) is 4.67 Å². The second-order valence-corrected chi connectivity index (χ2v) is 8.55. The third-order valence-electron chi connectivity index (χ3n) is 3.43. The summed E-state index contributed by atoms with van der Waals surface area (Å²) in [5.41, 5.74) is 0. The molecule has 0 N–H and O–H groups in total. The summed E-state index contributed by atoms with van der Waals surface area (Å²) in [5, 5.41) is 0. The van der Waals surface area contributed by atoms with Crippen LogP contribution in [0.4, 0.5) is 0 Å². The average molecular weight is 312 g/mol. The highest BCUT2D eigenvalue weighted by atomic mass is 35.7. The summed E-state index contributed by atoms with van der Waals surface area (Å²) in [6, 6.07) is 0. The van der Waals surface area contributed by atoms with Gasteiger partial charge in [0.2, 0.25) is 0 Å². The van der Waals surface area contributed by atoms with Crippen LogP contribution in [-0.2, 0) is 18.6 Å². The molecule has 0 aromatic rings. The Morgan fingerprint density at radius 2 is 2.05 bits per heavy atom. The first-order valence-electron chi connectivity index (χ1n) is 6.90. The van der Waals surface area contributed by atoms with Crippen LogP contribution in [0.5, 0.6) is 0 Å². The first-order chi connectivity index (χ1) is 8.89. The van der Waals surface area contributed by atoms with Gasteiger partial charge in [0.05, 0.1) is 19.3 Å². The van der Waals surface area contributed by atoms with Crippen LogP contribution in [0.3, 0.4) is 0 Å². The van der Waals surface area contributed by atoms with Gasteiger partial charge in [-0.15, -0.1) is 0 Å². The van der Waals surface area contributed by atoms with Crippen molar-refractivity contribution in [3.05, 3.63) is 0 Å². The molecule has 2 atom stereocenters. The molecule has 2 fully saturated rings. The Morgan fingerprint density at radius 1 is 1.37 bits per heavy atom. The molecule has 0 bridgehead atoms. The molecule has 5 nitrogen and oxygen atoms in total. The maximum Gasteiger partial charge on any atom is 0.363 e. The van der Waals surface area contributed by atoms with E-state index in [2.05, 4.69) is 0 Å². The zero-order chi connectivity index (χ0) is 13.9. The SMILES string of the molecule is CC1(C)OCC(CCOP(=O)(Cl)N2CCCCC2)O1. The topological polar surface area (TPSA) is 48.0 Å². The normalized spacial score (nSPS) is 31.2. The van der Waals surface area contributed by atoms with Gasteiger partial charge >= 0.3 is 6.87 Å². The van der Waals surface area contributed by atoms with Crippen molar-refractivity contribution in [1.29, 1.82) is 0 Å². The number of hydrogen-bond acceptors (Lipinski definition) is 4. The molecule has 0 amide bonds. The summed E-state index contributed by atoms with van der Waals surface area (Å²) in [7, 11) is 0. The number of hydrogen-bond donors (Lipinski definition) is 0. The predicted octanol–water partition coefficient (Wildman–Crippen LogP) is 3.38. The van der Waals surface area contributed by atoms with Gasteiger partial charge in [0.15, 0.2) is 5.79 Å². The first-order valence-corrected chi connectivity index (χ1v) is 9.39. The average Bonchev–Trinajstić information content (AvgIpc) is 2.70. The first kappa shape index (κ1) is 15.7. The second-order valence-electron chi connectivity index (χ2n) is 5.54. The lowest BCUT2D eigenvalue weighted by Gasteiger charge is -2.29. The third-order valence-corrected chi connectivity index (χ3v) is 5.94. The van der Waals surface area contributed by atoms with Crippen molar-refractivity contribution < 1.29 is 18.6 Å². The predicted molar refractivity (Wildman–Crippen MR) is 74.4 cm³/mol. The Kier molecular flexibility index (Phi) is 5.32. The van der Waals surface area contributed by atoms with E-state index in [0.717, 1.165) is 25.9 Å². The van der Waals surface area contributed by atoms with E-state index < -0.39 is 12.7 Å². The van der Waals surface area contributed by atoms with Crippen LogP contribution in [0.2, 0.25) is 0 Å². The van der Waals surface area contributed by atoms with Gasteiger partial charge < -0.3 is 14.0 Å². The fraction of sp³-hybridized carbons (Fsp3) is 1.00. The van der Waals surface area contributed by atoms with Crippen LogP contribution in [0.1, 0.15) is 39.5 Å². The molecule has 0 radical (unpaired) electrons. The summed E-state index contributed by atoms with van der Waals surface area (Å²) >= 11 is 6.04. The molecule has 2 aliphatic heterocycles. The van der Waals surface area contributed by atoms with Gasteiger partial charge in [-0.05, 0) is 44.4 Å². The van der Waals surface area contributed by atoms with Gasteiger partial charge in [-0.1, -0.05) is 6.42 Å². The number of halogens is 1. The molecule has 0 aliphatic carbocycles. The van der Waals surface area contributed by atoms with Crippen molar-refractivity contribution in [2.75, 3.05) is 26.3 Å². The number of ether oxygens (including phenoxy) is 2. The Bertz CT molecular complexity index is 347. The standard InChI is InChI=1S/C12H23ClNO4P/c1-12(2)16-10-11(18-12)6-9-17-19(13,15)14-7-4-3-5-8-14/h11H,3-10H2,1-2H3. The molecule has 0 saturated carbocycles. The van der Waals surface area contributed by atoms with Crippen LogP contribution in [0.15, 0.2) is 0 Å². The lowest BCUT2D eigenvalue weighted by atomic mass is 10.2. The van der Waals surface area contributed by atoms with E-state index in [1.807, 2.05) is 13.8 Å². The van der Waals surface area contributed by atoms with Gasteiger partial charge in [-0.2, -0.15) is 0 Å². The van der Waals surface area contributed by atoms with Gasteiger partial charge in [-0.3, -0.25) is 4.57 Å². The van der Waals surface area contributed by atoms with E-state index in [1.54, 1.807) is 4.67 Å². The van der Waals surface area contributed by atoms with Crippen LogP contribution in [0.25, 0.3) is 0 Å². The van der Waals surface area contributed by atoms with Crippen molar-refractivity contribution in [3.8, 4) is 0 Å². The highest BCUT2D eigenvalue weighted by molar-refractivity contribution is 7.83. The molecule has 0 spiro atoms. The summed E-state index contributed by atoms with van der Waals surface area (Å²) in [4.78, 5) is 0. The van der Waals surface area contributed by atoms with Gasteiger partial charge in [0.1, 0.15) is 0 Å². The van der Waals surface area contributed by atoms with Crippen molar-refractivity contribution in [2.24, 2.45) is 0 Å². The monoisotopic (exact) mass is 311 g/mol. The Balaban J connectivity index is 1.71. The second kappa shape index (κ2) is 6.42. The highest BCUT2D eigenvalue weighted by Crippen LogP contribution is 2.56. The van der Waals surface area contributed by atoms with E-state index in [9.17, 15) is 4.57 Å². The minimum absolute atomic E-state index is 0.00646. The van der Waals surface area contributed by atoms with Crippen LogP contribution in [-0.4, -0.2) is 42.9 Å². The van der Waals surface area contributed by atoms with Crippen molar-refractivity contribution in [3.63, 3.8) is 0 Å². The molecule has 2 rings (SSSR count). The molecule has 2 unspecified atom stereocenters. The lowest BCUT2D eigenvalue weighted by Crippen LogP contribution is -2.26. The molecule has 112 valence electrons. The van der Waals surface area contributed by atoms with Gasteiger partial charge in [0, 0.05) is 13.1 Å². The molecular weight excluding hydrogens is 289 g/mol.